The van der Waals surface area contributed by atoms with Crippen LogP contribution in [0.1, 0.15) is 42.6 Å². The van der Waals surface area contributed by atoms with Crippen molar-refractivity contribution in [3.63, 3.8) is 0 Å². The molecule has 3 aromatic rings. The summed E-state index contributed by atoms with van der Waals surface area (Å²) in [6, 6.07) is 7.73. The lowest BCUT2D eigenvalue weighted by Crippen LogP contribution is -2.47. The molecule has 2 aliphatic heterocycles. The largest absolute Gasteiger partial charge is 0.401 e. The Morgan fingerprint density at radius 2 is 1.84 bits per heavy atom. The lowest BCUT2D eigenvalue weighted by molar-refractivity contribution is -0.155. The van der Waals surface area contributed by atoms with Gasteiger partial charge in [-0.3, -0.25) is 9.29 Å². The molecule has 200 valence electrons. The van der Waals surface area contributed by atoms with E-state index in [0.29, 0.717) is 31.6 Å². The van der Waals surface area contributed by atoms with Gasteiger partial charge in [0.1, 0.15) is 11.6 Å². The van der Waals surface area contributed by atoms with Crippen molar-refractivity contribution in [1.29, 1.82) is 0 Å². The van der Waals surface area contributed by atoms with Gasteiger partial charge in [0, 0.05) is 59.6 Å². The average molecular weight is 525 g/mol. The number of benzene rings is 2. The smallest absolute Gasteiger partial charge is 0.381 e. The van der Waals surface area contributed by atoms with E-state index in [2.05, 4.69) is 15.2 Å². The minimum Gasteiger partial charge on any atom is -0.381 e. The van der Waals surface area contributed by atoms with Gasteiger partial charge < -0.3 is 15.2 Å². The number of alkyl halides is 4. The molecule has 0 unspecified atom stereocenters. The van der Waals surface area contributed by atoms with E-state index in [1.54, 1.807) is 13.0 Å². The zero-order valence-electron chi connectivity index (χ0n) is 20.5. The molecule has 0 bridgehead atoms. The molecule has 3 atom stereocenters. The molecular formula is C27H30F6N4. The highest BCUT2D eigenvalue weighted by molar-refractivity contribution is 5.85. The van der Waals surface area contributed by atoms with E-state index in [9.17, 15) is 17.6 Å². The number of H-pyrrole nitrogens is 1. The second-order valence-electron chi connectivity index (χ2n) is 10.1. The summed E-state index contributed by atoms with van der Waals surface area (Å²) in [4.78, 5) is 6.38. The maximum atomic E-state index is 15.6. The Labute approximate surface area is 211 Å². The topological polar surface area (TPSA) is 34.3 Å². The Morgan fingerprint density at radius 1 is 1.11 bits per heavy atom. The third kappa shape index (κ3) is 5.31. The van der Waals surface area contributed by atoms with Crippen LogP contribution in [-0.2, 0) is 6.42 Å². The molecule has 0 aliphatic carbocycles. The summed E-state index contributed by atoms with van der Waals surface area (Å²) >= 11 is 0. The number of rotatable bonds is 7. The van der Waals surface area contributed by atoms with Gasteiger partial charge in [0.15, 0.2) is 0 Å². The number of fused-ring (bicyclic) bond motifs is 3. The van der Waals surface area contributed by atoms with Gasteiger partial charge in [-0.05, 0) is 49.9 Å². The summed E-state index contributed by atoms with van der Waals surface area (Å²) in [6.07, 6.45) is -3.03. The molecule has 2 aromatic carbocycles. The van der Waals surface area contributed by atoms with Crippen LogP contribution in [0, 0.1) is 11.6 Å². The average Bonchev–Trinajstić information content (AvgIpc) is 3.42. The van der Waals surface area contributed by atoms with Gasteiger partial charge in [-0.25, -0.2) is 8.78 Å². The third-order valence-corrected chi connectivity index (χ3v) is 7.48. The standard InChI is InChI=1S/C27H30F6N4/c1-16-11-20-19-5-2-3-6-23(19)35-25(20)26(37(16)15-27(31,32)33)24-21(29)12-18(13-22(24)30)34-17-7-10-36(14-17)9-4-8-28/h2-3,5-6,12-13,16-17,26,34-35H,4,7-11,14-15H2,1H3/t16-,17+,26-/m0/s1. The normalized spacial score (nSPS) is 23.1. The second-order valence-corrected chi connectivity index (χ2v) is 10.1. The number of aromatic amines is 1. The van der Waals surface area contributed by atoms with Crippen LogP contribution < -0.4 is 5.32 Å². The molecule has 3 heterocycles. The highest BCUT2D eigenvalue weighted by atomic mass is 19.4. The molecule has 0 amide bonds. The lowest BCUT2D eigenvalue weighted by Gasteiger charge is -2.41. The van der Waals surface area contributed by atoms with Gasteiger partial charge in [0.2, 0.25) is 0 Å². The first kappa shape index (κ1) is 25.9. The number of likely N-dealkylation sites (tertiary alicyclic amines) is 1. The van der Waals surface area contributed by atoms with Gasteiger partial charge >= 0.3 is 6.18 Å². The van der Waals surface area contributed by atoms with Crippen molar-refractivity contribution in [3.8, 4) is 0 Å². The van der Waals surface area contributed by atoms with Crippen molar-refractivity contribution >= 4 is 16.6 Å². The van der Waals surface area contributed by atoms with Crippen LogP contribution in [0.15, 0.2) is 36.4 Å². The monoisotopic (exact) mass is 524 g/mol. The third-order valence-electron chi connectivity index (χ3n) is 7.48. The fourth-order valence-electron chi connectivity index (χ4n) is 5.87. The lowest BCUT2D eigenvalue weighted by atomic mass is 9.88. The minimum absolute atomic E-state index is 0.0546. The predicted octanol–water partition coefficient (Wildman–Crippen LogP) is 6.19. The molecule has 1 fully saturated rings. The van der Waals surface area contributed by atoms with Crippen molar-refractivity contribution in [1.82, 2.24) is 14.8 Å². The van der Waals surface area contributed by atoms with Crippen LogP contribution in [-0.4, -0.2) is 65.9 Å². The first-order valence-corrected chi connectivity index (χ1v) is 12.6. The van der Waals surface area contributed by atoms with Crippen LogP contribution in [0.25, 0.3) is 10.9 Å². The number of hydrogen-bond donors (Lipinski definition) is 2. The maximum absolute atomic E-state index is 15.6. The second kappa shape index (κ2) is 10.2. The van der Waals surface area contributed by atoms with E-state index >= 15 is 8.78 Å². The van der Waals surface area contributed by atoms with Crippen molar-refractivity contribution in [2.45, 2.75) is 50.5 Å². The predicted molar refractivity (Wildman–Crippen MR) is 131 cm³/mol. The number of aromatic nitrogens is 1. The van der Waals surface area contributed by atoms with Gasteiger partial charge in [-0.15, -0.1) is 0 Å². The Kier molecular flexibility index (Phi) is 7.15. The SMILES string of the molecule is C[C@H]1Cc2c([nH]c3ccccc23)[C@H](c2c(F)cc(N[C@@H]3CCN(CCCF)C3)cc2F)N1CC(F)(F)F. The molecular weight excluding hydrogens is 494 g/mol. The number of halogens is 6. The maximum Gasteiger partial charge on any atom is 0.401 e. The fraction of sp³-hybridized carbons (Fsp3) is 0.481. The molecule has 5 rings (SSSR count). The number of hydrogen-bond acceptors (Lipinski definition) is 3. The molecule has 0 radical (unpaired) electrons. The molecule has 2 aliphatic rings. The van der Waals surface area contributed by atoms with Crippen molar-refractivity contribution in [3.05, 3.63) is 64.9 Å². The van der Waals surface area contributed by atoms with Gasteiger partial charge in [0.05, 0.1) is 19.3 Å². The van der Waals surface area contributed by atoms with Gasteiger partial charge in [-0.2, -0.15) is 13.2 Å². The first-order valence-electron chi connectivity index (χ1n) is 12.6. The Balaban J connectivity index is 1.50. The van der Waals surface area contributed by atoms with E-state index in [1.807, 2.05) is 18.2 Å². The highest BCUT2D eigenvalue weighted by Gasteiger charge is 2.43. The molecule has 37 heavy (non-hydrogen) atoms. The summed E-state index contributed by atoms with van der Waals surface area (Å²) in [5.41, 5.74) is 1.73. The number of nitrogens with one attached hydrogen (secondary N) is 2. The molecule has 0 saturated carbocycles. The van der Waals surface area contributed by atoms with E-state index < -0.39 is 48.7 Å². The van der Waals surface area contributed by atoms with Crippen molar-refractivity contribution < 1.29 is 26.3 Å². The van der Waals surface area contributed by atoms with Gasteiger partial charge in [-0.1, -0.05) is 18.2 Å². The van der Waals surface area contributed by atoms with E-state index in [1.165, 1.54) is 0 Å². The van der Waals surface area contributed by atoms with Crippen LogP contribution in [0.3, 0.4) is 0 Å². The van der Waals surface area contributed by atoms with Crippen LogP contribution in [0.2, 0.25) is 0 Å². The highest BCUT2D eigenvalue weighted by Crippen LogP contribution is 2.44. The quantitative estimate of drug-likeness (QED) is 0.362. The molecule has 2 N–H and O–H groups in total. The molecule has 10 heteroatoms. The summed E-state index contributed by atoms with van der Waals surface area (Å²) in [5.74, 6) is -1.80. The Hall–Kier alpha value is -2.72. The molecule has 4 nitrogen and oxygen atoms in total. The summed E-state index contributed by atoms with van der Waals surface area (Å²) in [7, 11) is 0. The summed E-state index contributed by atoms with van der Waals surface area (Å²) in [6.45, 7) is 1.99. The summed E-state index contributed by atoms with van der Waals surface area (Å²) in [5, 5.41) is 3.99. The van der Waals surface area contributed by atoms with Crippen LogP contribution >= 0.6 is 0 Å². The Bertz CT molecular complexity index is 1230. The number of nitrogens with zero attached hydrogens (tertiary/aromatic N) is 2. The van der Waals surface area contributed by atoms with Crippen molar-refractivity contribution in [2.75, 3.05) is 38.2 Å². The van der Waals surface area contributed by atoms with E-state index in [4.69, 9.17) is 0 Å². The summed E-state index contributed by atoms with van der Waals surface area (Å²) < 4.78 is 84.6. The minimum atomic E-state index is -4.54. The first-order chi connectivity index (χ1) is 17.6. The molecule has 1 saturated heterocycles. The zero-order chi connectivity index (χ0) is 26.3. The zero-order valence-corrected chi connectivity index (χ0v) is 20.5. The van der Waals surface area contributed by atoms with Crippen molar-refractivity contribution in [2.24, 2.45) is 0 Å². The number of anilines is 1. The van der Waals surface area contributed by atoms with Gasteiger partial charge in [0.25, 0.3) is 0 Å². The van der Waals surface area contributed by atoms with Crippen LogP contribution in [0.5, 0.6) is 0 Å². The van der Waals surface area contributed by atoms with E-state index in [0.717, 1.165) is 46.5 Å². The number of para-hydroxylation sites is 1. The fourth-order valence-corrected chi connectivity index (χ4v) is 5.87. The molecule has 1 aromatic heterocycles. The Morgan fingerprint density at radius 3 is 2.54 bits per heavy atom. The molecule has 0 spiro atoms. The van der Waals surface area contributed by atoms with E-state index in [-0.39, 0.29) is 11.7 Å². The van der Waals surface area contributed by atoms with Crippen LogP contribution in [0.4, 0.5) is 32.0 Å².